The summed E-state index contributed by atoms with van der Waals surface area (Å²) in [5, 5.41) is 3.28. The normalized spacial score (nSPS) is 16.7. The van der Waals surface area contributed by atoms with Gasteiger partial charge < -0.3 is 10.1 Å². The Morgan fingerprint density at radius 2 is 1.74 bits per heavy atom. The lowest BCUT2D eigenvalue weighted by Crippen LogP contribution is -2.35. The van der Waals surface area contributed by atoms with Crippen molar-refractivity contribution in [3.8, 4) is 5.75 Å². The Labute approximate surface area is 160 Å². The van der Waals surface area contributed by atoms with Crippen LogP contribution < -0.4 is 10.1 Å². The molecule has 1 saturated heterocycles. The second-order valence-electron chi connectivity index (χ2n) is 6.75. The number of sulfonamides is 1. The average molecular weight is 392 g/mol. The third-order valence-corrected chi connectivity index (χ3v) is 6.77. The first-order valence-electron chi connectivity index (χ1n) is 9.12. The number of nitrogens with zero attached hydrogens (tertiary/aromatic N) is 1. The van der Waals surface area contributed by atoms with E-state index >= 15 is 0 Å². The van der Waals surface area contributed by atoms with Crippen LogP contribution in [0.5, 0.6) is 5.75 Å². The molecule has 1 aliphatic rings. The molecule has 0 spiro atoms. The number of rotatable bonds is 6. The minimum atomic E-state index is -3.61. The summed E-state index contributed by atoms with van der Waals surface area (Å²) in [7, 11) is -2.14. The van der Waals surface area contributed by atoms with Crippen molar-refractivity contribution in [3.63, 3.8) is 0 Å². The Morgan fingerprint density at radius 1 is 1.07 bits per heavy atom. The highest BCUT2D eigenvalue weighted by atomic mass is 32.2. The van der Waals surface area contributed by atoms with Crippen LogP contribution in [-0.2, 0) is 10.0 Å². The van der Waals surface area contributed by atoms with E-state index in [1.807, 2.05) is 6.92 Å². The van der Waals surface area contributed by atoms with Gasteiger partial charge >= 0.3 is 0 Å². The Balaban J connectivity index is 1.87. The standard InChI is InChI=1S/C20H25FN2O3S/c1-15(16-6-8-17(21)9-7-16)22-18-10-11-19(26-2)20(14-18)27(24,25)23-12-4-3-5-13-23/h6-11,14-15,22H,3-5,12-13H2,1-2H3. The zero-order valence-corrected chi connectivity index (χ0v) is 16.4. The Morgan fingerprint density at radius 3 is 2.37 bits per heavy atom. The number of hydrogen-bond donors (Lipinski definition) is 1. The highest BCUT2D eigenvalue weighted by Crippen LogP contribution is 2.32. The average Bonchev–Trinajstić information content (AvgIpc) is 2.69. The SMILES string of the molecule is COc1ccc(NC(C)c2ccc(F)cc2)cc1S(=O)(=O)N1CCCCC1. The van der Waals surface area contributed by atoms with Crippen molar-refractivity contribution < 1.29 is 17.5 Å². The third kappa shape index (κ3) is 4.42. The van der Waals surface area contributed by atoms with Gasteiger partial charge in [0.25, 0.3) is 0 Å². The number of ether oxygens (including phenoxy) is 1. The van der Waals surface area contributed by atoms with Gasteiger partial charge in [-0.25, -0.2) is 12.8 Å². The Kier molecular flexibility index (Phi) is 6.01. The first kappa shape index (κ1) is 19.6. The number of halogens is 1. The lowest BCUT2D eigenvalue weighted by molar-refractivity contribution is 0.343. The molecule has 1 fully saturated rings. The van der Waals surface area contributed by atoms with Gasteiger partial charge in [-0.2, -0.15) is 4.31 Å². The number of nitrogens with one attached hydrogen (secondary N) is 1. The summed E-state index contributed by atoms with van der Waals surface area (Å²) < 4.78 is 46.1. The van der Waals surface area contributed by atoms with Crippen LogP contribution in [-0.4, -0.2) is 32.9 Å². The van der Waals surface area contributed by atoms with Crippen LogP contribution >= 0.6 is 0 Å². The molecule has 0 amide bonds. The van der Waals surface area contributed by atoms with Gasteiger partial charge in [-0.05, 0) is 55.7 Å². The molecule has 1 unspecified atom stereocenters. The molecule has 2 aromatic rings. The van der Waals surface area contributed by atoms with Crippen molar-refractivity contribution in [1.29, 1.82) is 0 Å². The van der Waals surface area contributed by atoms with E-state index in [4.69, 9.17) is 4.74 Å². The molecule has 3 rings (SSSR count). The van der Waals surface area contributed by atoms with Crippen molar-refractivity contribution in [3.05, 3.63) is 53.8 Å². The largest absolute Gasteiger partial charge is 0.495 e. The van der Waals surface area contributed by atoms with E-state index in [-0.39, 0.29) is 16.8 Å². The molecule has 0 bridgehead atoms. The second-order valence-corrected chi connectivity index (χ2v) is 8.65. The molecule has 0 saturated carbocycles. The fourth-order valence-electron chi connectivity index (χ4n) is 3.30. The van der Waals surface area contributed by atoms with E-state index in [9.17, 15) is 12.8 Å². The van der Waals surface area contributed by atoms with Gasteiger partial charge in [-0.15, -0.1) is 0 Å². The molecular weight excluding hydrogens is 367 g/mol. The van der Waals surface area contributed by atoms with Gasteiger partial charge in [0.15, 0.2) is 0 Å². The fourth-order valence-corrected chi connectivity index (χ4v) is 5.00. The zero-order chi connectivity index (χ0) is 19.4. The number of methoxy groups -OCH3 is 1. The number of hydrogen-bond acceptors (Lipinski definition) is 4. The first-order valence-corrected chi connectivity index (χ1v) is 10.6. The Bertz CT molecular complexity index is 879. The maximum atomic E-state index is 13.1. The fraction of sp³-hybridized carbons (Fsp3) is 0.400. The summed E-state index contributed by atoms with van der Waals surface area (Å²) in [5.74, 6) is 0.0471. The van der Waals surface area contributed by atoms with E-state index in [2.05, 4.69) is 5.32 Å². The monoisotopic (exact) mass is 392 g/mol. The number of anilines is 1. The van der Waals surface area contributed by atoms with Crippen LogP contribution in [0.1, 0.15) is 37.8 Å². The minimum Gasteiger partial charge on any atom is -0.495 e. The topological polar surface area (TPSA) is 58.6 Å². The highest BCUT2D eigenvalue weighted by Gasteiger charge is 2.29. The van der Waals surface area contributed by atoms with Crippen LogP contribution in [0.4, 0.5) is 10.1 Å². The molecule has 0 radical (unpaired) electrons. The third-order valence-electron chi connectivity index (χ3n) is 4.85. The van der Waals surface area contributed by atoms with Crippen molar-refractivity contribution in [1.82, 2.24) is 4.31 Å². The summed E-state index contributed by atoms with van der Waals surface area (Å²) >= 11 is 0. The second kappa shape index (κ2) is 8.27. The first-order chi connectivity index (χ1) is 12.9. The molecule has 1 N–H and O–H groups in total. The van der Waals surface area contributed by atoms with Crippen molar-refractivity contribution in [2.75, 3.05) is 25.5 Å². The minimum absolute atomic E-state index is 0.107. The summed E-state index contributed by atoms with van der Waals surface area (Å²) in [6, 6.07) is 11.2. The lowest BCUT2D eigenvalue weighted by Gasteiger charge is -2.27. The number of benzene rings is 2. The molecule has 146 valence electrons. The van der Waals surface area contributed by atoms with Crippen molar-refractivity contribution in [2.45, 2.75) is 37.1 Å². The molecule has 2 aromatic carbocycles. The number of piperidine rings is 1. The molecule has 7 heteroatoms. The maximum Gasteiger partial charge on any atom is 0.246 e. The summed E-state index contributed by atoms with van der Waals surface area (Å²) in [6.45, 7) is 3.01. The van der Waals surface area contributed by atoms with Crippen LogP contribution in [0.2, 0.25) is 0 Å². The van der Waals surface area contributed by atoms with Crippen LogP contribution in [0, 0.1) is 5.82 Å². The van der Waals surface area contributed by atoms with E-state index in [0.717, 1.165) is 24.8 Å². The molecule has 0 aliphatic carbocycles. The van der Waals surface area contributed by atoms with Gasteiger partial charge in [-0.3, -0.25) is 0 Å². The smallest absolute Gasteiger partial charge is 0.246 e. The van der Waals surface area contributed by atoms with E-state index < -0.39 is 10.0 Å². The quantitative estimate of drug-likeness (QED) is 0.801. The predicted octanol–water partition coefficient (Wildman–Crippen LogP) is 4.18. The molecule has 1 heterocycles. The summed E-state index contributed by atoms with van der Waals surface area (Å²) in [6.07, 6.45) is 2.81. The summed E-state index contributed by atoms with van der Waals surface area (Å²) in [5.41, 5.74) is 1.58. The predicted molar refractivity (Wildman–Crippen MR) is 104 cm³/mol. The van der Waals surface area contributed by atoms with Gasteiger partial charge in [0.1, 0.15) is 16.5 Å². The van der Waals surface area contributed by atoms with Crippen molar-refractivity contribution >= 4 is 15.7 Å². The van der Waals surface area contributed by atoms with Gasteiger partial charge in [0.05, 0.1) is 7.11 Å². The van der Waals surface area contributed by atoms with Gasteiger partial charge in [0.2, 0.25) is 10.0 Å². The molecule has 0 aromatic heterocycles. The van der Waals surface area contributed by atoms with E-state index in [0.29, 0.717) is 24.5 Å². The molecule has 1 atom stereocenters. The molecule has 27 heavy (non-hydrogen) atoms. The van der Waals surface area contributed by atoms with Crippen LogP contribution in [0.25, 0.3) is 0 Å². The van der Waals surface area contributed by atoms with E-state index in [1.54, 1.807) is 30.3 Å². The van der Waals surface area contributed by atoms with E-state index in [1.165, 1.54) is 23.5 Å². The van der Waals surface area contributed by atoms with Gasteiger partial charge in [0, 0.05) is 24.8 Å². The lowest BCUT2D eigenvalue weighted by atomic mass is 10.1. The van der Waals surface area contributed by atoms with Gasteiger partial charge in [-0.1, -0.05) is 18.6 Å². The molecular formula is C20H25FN2O3S. The molecule has 5 nitrogen and oxygen atoms in total. The van der Waals surface area contributed by atoms with Crippen molar-refractivity contribution in [2.24, 2.45) is 0 Å². The highest BCUT2D eigenvalue weighted by molar-refractivity contribution is 7.89. The van der Waals surface area contributed by atoms with Crippen LogP contribution in [0.3, 0.4) is 0 Å². The molecule has 1 aliphatic heterocycles. The summed E-state index contributed by atoms with van der Waals surface area (Å²) in [4.78, 5) is 0.170. The zero-order valence-electron chi connectivity index (χ0n) is 15.6. The maximum absolute atomic E-state index is 13.1. The Hall–Kier alpha value is -2.12. The van der Waals surface area contributed by atoms with Crippen LogP contribution in [0.15, 0.2) is 47.4 Å².